The number of carbonyl (C=O) groups excluding carboxylic acids is 1. The van der Waals surface area contributed by atoms with Gasteiger partial charge in [-0.25, -0.2) is 0 Å². The summed E-state index contributed by atoms with van der Waals surface area (Å²) >= 11 is 0. The predicted molar refractivity (Wildman–Crippen MR) is 54.1 cm³/mol. The molecular formula is C12H18O3. The molecule has 0 spiro atoms. The summed E-state index contributed by atoms with van der Waals surface area (Å²) < 4.78 is 4.93. The molecule has 3 nitrogen and oxygen atoms in total. The molecule has 3 heteroatoms. The fourth-order valence-electron chi connectivity index (χ4n) is 4.67. The third-order valence-electron chi connectivity index (χ3n) is 4.65. The van der Waals surface area contributed by atoms with E-state index in [4.69, 9.17) is 4.74 Å². The maximum atomic E-state index is 11.9. The lowest BCUT2D eigenvalue weighted by Gasteiger charge is -2.58. The van der Waals surface area contributed by atoms with E-state index in [-0.39, 0.29) is 11.4 Å². The number of hydrogen-bond donors (Lipinski definition) is 1. The number of aliphatic hydroxyl groups is 1. The van der Waals surface area contributed by atoms with Gasteiger partial charge in [-0.15, -0.1) is 0 Å². The first-order chi connectivity index (χ1) is 7.05. The third kappa shape index (κ3) is 1.25. The molecule has 0 heterocycles. The minimum atomic E-state index is -0.557. The number of methoxy groups -OCH3 is 1. The lowest BCUT2D eigenvalue weighted by Crippen LogP contribution is -2.58. The van der Waals surface area contributed by atoms with Crippen molar-refractivity contribution in [2.24, 2.45) is 17.3 Å². The van der Waals surface area contributed by atoms with Crippen molar-refractivity contribution in [2.45, 2.75) is 44.1 Å². The van der Waals surface area contributed by atoms with Crippen LogP contribution in [0.4, 0.5) is 0 Å². The Labute approximate surface area is 89.8 Å². The van der Waals surface area contributed by atoms with Gasteiger partial charge in [0.25, 0.3) is 0 Å². The number of esters is 1. The average Bonchev–Trinajstić information content (AvgIpc) is 2.12. The zero-order valence-electron chi connectivity index (χ0n) is 9.16. The van der Waals surface area contributed by atoms with Crippen LogP contribution in [0.25, 0.3) is 0 Å². The van der Waals surface area contributed by atoms with Crippen LogP contribution in [-0.2, 0) is 9.53 Å². The highest BCUT2D eigenvalue weighted by atomic mass is 16.5. The number of ether oxygens (including phenoxy) is 1. The summed E-state index contributed by atoms with van der Waals surface area (Å²) in [5.74, 6) is 1.01. The molecule has 0 unspecified atom stereocenters. The van der Waals surface area contributed by atoms with Crippen LogP contribution in [0, 0.1) is 17.3 Å². The molecule has 0 saturated heterocycles. The second-order valence-electron chi connectivity index (χ2n) is 5.96. The van der Waals surface area contributed by atoms with Gasteiger partial charge >= 0.3 is 5.97 Å². The van der Waals surface area contributed by atoms with Gasteiger partial charge in [-0.1, -0.05) is 0 Å². The number of carbonyl (C=O) groups is 1. The van der Waals surface area contributed by atoms with E-state index in [2.05, 4.69) is 0 Å². The van der Waals surface area contributed by atoms with Crippen LogP contribution in [0.15, 0.2) is 0 Å². The summed E-state index contributed by atoms with van der Waals surface area (Å²) in [4.78, 5) is 11.9. The first-order valence-electron chi connectivity index (χ1n) is 5.86. The standard InChI is InChI=1S/C12H18O3/c1-15-10(13)11-3-8-2-9(4-11)6-12(14,5-8)7-11/h8-9,14H,2-7H2,1H3/t8-,9-,11?,12?/m1/s1. The van der Waals surface area contributed by atoms with Crippen LogP contribution in [-0.4, -0.2) is 23.8 Å². The van der Waals surface area contributed by atoms with Gasteiger partial charge in [0.1, 0.15) is 0 Å². The quantitative estimate of drug-likeness (QED) is 0.667. The van der Waals surface area contributed by atoms with Gasteiger partial charge in [-0.05, 0) is 50.4 Å². The highest BCUT2D eigenvalue weighted by Crippen LogP contribution is 2.61. The van der Waals surface area contributed by atoms with Gasteiger partial charge in [-0.3, -0.25) is 4.79 Å². The van der Waals surface area contributed by atoms with Gasteiger partial charge in [-0.2, -0.15) is 0 Å². The third-order valence-corrected chi connectivity index (χ3v) is 4.65. The van der Waals surface area contributed by atoms with Crippen molar-refractivity contribution in [1.29, 1.82) is 0 Å². The molecule has 4 saturated carbocycles. The van der Waals surface area contributed by atoms with E-state index in [1.54, 1.807) is 0 Å². The van der Waals surface area contributed by atoms with Crippen molar-refractivity contribution in [1.82, 2.24) is 0 Å². The maximum absolute atomic E-state index is 11.9. The average molecular weight is 210 g/mol. The van der Waals surface area contributed by atoms with Crippen molar-refractivity contribution >= 4 is 5.97 Å². The zero-order chi connectivity index (χ0) is 10.7. The van der Waals surface area contributed by atoms with Crippen molar-refractivity contribution in [2.75, 3.05) is 7.11 Å². The summed E-state index contributed by atoms with van der Waals surface area (Å²) in [7, 11) is 1.46. The molecule has 0 aromatic carbocycles. The summed E-state index contributed by atoms with van der Waals surface area (Å²) in [5.41, 5.74) is -0.897. The van der Waals surface area contributed by atoms with Gasteiger partial charge in [0.15, 0.2) is 0 Å². The summed E-state index contributed by atoms with van der Waals surface area (Å²) in [6.07, 6.45) is 5.54. The molecule has 0 aromatic rings. The normalized spacial score (nSPS) is 51.9. The molecule has 4 rings (SSSR count). The van der Waals surface area contributed by atoms with E-state index in [1.807, 2.05) is 0 Å². The van der Waals surface area contributed by atoms with Crippen molar-refractivity contribution in [3.05, 3.63) is 0 Å². The van der Waals surface area contributed by atoms with E-state index in [0.29, 0.717) is 18.3 Å². The summed E-state index contributed by atoms with van der Waals surface area (Å²) in [6, 6.07) is 0. The van der Waals surface area contributed by atoms with E-state index in [9.17, 15) is 9.90 Å². The van der Waals surface area contributed by atoms with Crippen LogP contribution in [0.1, 0.15) is 38.5 Å². The van der Waals surface area contributed by atoms with Gasteiger partial charge < -0.3 is 9.84 Å². The van der Waals surface area contributed by atoms with Crippen LogP contribution in [0.2, 0.25) is 0 Å². The minimum absolute atomic E-state index is 0.0879. The summed E-state index contributed by atoms with van der Waals surface area (Å²) in [6.45, 7) is 0. The molecule has 0 radical (unpaired) electrons. The van der Waals surface area contributed by atoms with Crippen molar-refractivity contribution in [3.63, 3.8) is 0 Å². The molecule has 4 aliphatic carbocycles. The fourth-order valence-corrected chi connectivity index (χ4v) is 4.67. The Morgan fingerprint density at radius 3 is 2.33 bits per heavy atom. The van der Waals surface area contributed by atoms with E-state index >= 15 is 0 Å². The van der Waals surface area contributed by atoms with Gasteiger partial charge in [0.05, 0.1) is 18.1 Å². The Morgan fingerprint density at radius 2 is 1.87 bits per heavy atom. The minimum Gasteiger partial charge on any atom is -0.469 e. The molecule has 0 aliphatic heterocycles. The highest BCUT2D eigenvalue weighted by molar-refractivity contribution is 5.77. The molecular weight excluding hydrogens is 192 g/mol. The SMILES string of the molecule is COC(=O)C12C[C@H]3C[C@@H](CC(O)(C3)C1)C2. The van der Waals surface area contributed by atoms with Crippen LogP contribution >= 0.6 is 0 Å². The lowest BCUT2D eigenvalue weighted by atomic mass is 9.48. The zero-order valence-corrected chi connectivity index (χ0v) is 9.16. The van der Waals surface area contributed by atoms with E-state index in [1.165, 1.54) is 13.5 Å². The predicted octanol–water partition coefficient (Wildman–Crippen LogP) is 1.49. The number of hydrogen-bond acceptors (Lipinski definition) is 3. The maximum Gasteiger partial charge on any atom is 0.311 e. The lowest BCUT2D eigenvalue weighted by molar-refractivity contribution is -0.193. The van der Waals surface area contributed by atoms with Crippen LogP contribution in [0.5, 0.6) is 0 Å². The second-order valence-corrected chi connectivity index (χ2v) is 5.96. The van der Waals surface area contributed by atoms with E-state index < -0.39 is 5.60 Å². The molecule has 4 fully saturated rings. The highest BCUT2D eigenvalue weighted by Gasteiger charge is 2.60. The molecule has 0 amide bonds. The van der Waals surface area contributed by atoms with Crippen LogP contribution < -0.4 is 0 Å². The van der Waals surface area contributed by atoms with Crippen molar-refractivity contribution < 1.29 is 14.6 Å². The first kappa shape index (κ1) is 9.64. The molecule has 4 aliphatic rings. The monoisotopic (exact) mass is 210 g/mol. The van der Waals surface area contributed by atoms with Crippen LogP contribution in [0.3, 0.4) is 0 Å². The van der Waals surface area contributed by atoms with Gasteiger partial charge in [0, 0.05) is 0 Å². The Morgan fingerprint density at radius 1 is 1.27 bits per heavy atom. The Bertz CT molecular complexity index is 296. The molecule has 2 atom stereocenters. The van der Waals surface area contributed by atoms with Gasteiger partial charge in [0.2, 0.25) is 0 Å². The topological polar surface area (TPSA) is 46.5 Å². The first-order valence-corrected chi connectivity index (χ1v) is 5.86. The fraction of sp³-hybridized carbons (Fsp3) is 0.917. The Kier molecular flexibility index (Phi) is 1.77. The molecule has 84 valence electrons. The molecule has 4 bridgehead atoms. The largest absolute Gasteiger partial charge is 0.469 e. The van der Waals surface area contributed by atoms with Crippen molar-refractivity contribution in [3.8, 4) is 0 Å². The molecule has 15 heavy (non-hydrogen) atoms. The molecule has 1 N–H and O–H groups in total. The van der Waals surface area contributed by atoms with E-state index in [0.717, 1.165) is 25.7 Å². The smallest absolute Gasteiger partial charge is 0.311 e. The Balaban J connectivity index is 1.96. The summed E-state index contributed by atoms with van der Waals surface area (Å²) in [5, 5.41) is 10.4. The Hall–Kier alpha value is -0.570. The molecule has 0 aromatic heterocycles. The number of rotatable bonds is 1. The second kappa shape index (κ2) is 2.76.